The number of nitrogens with zero attached hydrogens (tertiary/aromatic N) is 2. The van der Waals surface area contributed by atoms with Gasteiger partial charge in [0, 0.05) is 25.8 Å². The zero-order chi connectivity index (χ0) is 30.5. The van der Waals surface area contributed by atoms with Crippen LogP contribution in [0.1, 0.15) is 45.2 Å². The van der Waals surface area contributed by atoms with Crippen LogP contribution in [0.2, 0.25) is 0 Å². The summed E-state index contributed by atoms with van der Waals surface area (Å²) >= 11 is 0. The van der Waals surface area contributed by atoms with E-state index in [2.05, 4.69) is 10.3 Å². The maximum atomic E-state index is 14.8. The number of nitrogens with one attached hydrogen (secondary N) is 1. The van der Waals surface area contributed by atoms with Crippen LogP contribution in [0.25, 0.3) is 0 Å². The second kappa shape index (κ2) is 13.1. The number of nitrogens with two attached hydrogens (primary N) is 1. The van der Waals surface area contributed by atoms with Gasteiger partial charge in [0.15, 0.2) is 23.0 Å². The van der Waals surface area contributed by atoms with Gasteiger partial charge in [-0.25, -0.2) is 9.37 Å². The van der Waals surface area contributed by atoms with Crippen molar-refractivity contribution in [2.45, 2.75) is 25.3 Å². The average Bonchev–Trinajstić information content (AvgIpc) is 3.04. The predicted octanol–water partition coefficient (Wildman–Crippen LogP) is 4.58. The Kier molecular flexibility index (Phi) is 8.69. The molecule has 0 aliphatic carbocycles. The minimum Gasteiger partial charge on any atom is -0.494 e. The predicted molar refractivity (Wildman–Crippen MR) is 162 cm³/mol. The lowest BCUT2D eigenvalue weighted by atomic mass is 9.87. The van der Waals surface area contributed by atoms with Gasteiger partial charge < -0.3 is 30.2 Å². The highest BCUT2D eigenvalue weighted by molar-refractivity contribution is 5.95. The second-order valence-corrected chi connectivity index (χ2v) is 10.7. The van der Waals surface area contributed by atoms with Crippen molar-refractivity contribution in [3.05, 3.63) is 113 Å². The highest BCUT2D eigenvalue weighted by atomic mass is 19.1. The van der Waals surface area contributed by atoms with Gasteiger partial charge in [-0.15, -0.1) is 0 Å². The molecule has 8 bridgehead atoms. The molecule has 4 aromatic rings. The summed E-state index contributed by atoms with van der Waals surface area (Å²) in [6, 6.07) is 20.6. The van der Waals surface area contributed by atoms with E-state index in [1.807, 2.05) is 36.4 Å². The number of pyridine rings is 1. The molecule has 1 unspecified atom stereocenters. The molecule has 1 atom stereocenters. The fourth-order valence-electron chi connectivity index (χ4n) is 5.59. The van der Waals surface area contributed by atoms with Crippen molar-refractivity contribution in [1.82, 2.24) is 15.2 Å². The van der Waals surface area contributed by atoms with Gasteiger partial charge in [0.2, 0.25) is 5.91 Å². The third-order valence-electron chi connectivity index (χ3n) is 7.63. The first kappa shape index (κ1) is 29.1. The standard InChI is InChI=1S/C34H33FN4O5/c35-28-10-7-22-18-30(28)44-26-8-9-27-23(20-26)11-15-39(34(41)32-29(43-17-12-36)6-2-13-38-32)33(27)24-4-1-5-25(21-24)42-16-3-14-37-31(40)19-22/h1-2,4-10,13,18,20-21,33H,3,11-12,14-17,19,36H2,(H,37,40). The Morgan fingerprint density at radius 3 is 2.89 bits per heavy atom. The van der Waals surface area contributed by atoms with Gasteiger partial charge in [-0.05, 0) is 83.6 Å². The maximum absolute atomic E-state index is 14.8. The number of fused-ring (bicyclic) bond motifs is 7. The van der Waals surface area contributed by atoms with E-state index < -0.39 is 11.9 Å². The number of aromatic nitrogens is 1. The first-order valence-electron chi connectivity index (χ1n) is 14.7. The lowest BCUT2D eigenvalue weighted by Crippen LogP contribution is -2.41. The zero-order valence-electron chi connectivity index (χ0n) is 24.1. The molecule has 0 saturated heterocycles. The highest BCUT2D eigenvalue weighted by Crippen LogP contribution is 2.40. The van der Waals surface area contributed by atoms with Crippen LogP contribution < -0.4 is 25.3 Å². The topological polar surface area (TPSA) is 116 Å². The van der Waals surface area contributed by atoms with E-state index in [9.17, 15) is 14.0 Å². The maximum Gasteiger partial charge on any atom is 0.277 e. The Balaban J connectivity index is 1.41. The molecule has 0 fully saturated rings. The molecule has 9 nitrogen and oxygen atoms in total. The van der Waals surface area contributed by atoms with Gasteiger partial charge in [-0.2, -0.15) is 0 Å². The van der Waals surface area contributed by atoms with Crippen LogP contribution in [0.5, 0.6) is 23.0 Å². The lowest BCUT2D eigenvalue weighted by Gasteiger charge is -2.38. The molecule has 10 heteroatoms. The summed E-state index contributed by atoms with van der Waals surface area (Å²) in [6.07, 6.45) is 2.81. The van der Waals surface area contributed by atoms with E-state index in [0.717, 1.165) is 16.7 Å². The Labute approximate surface area is 254 Å². The summed E-state index contributed by atoms with van der Waals surface area (Å²) in [5.74, 6) is 0.567. The molecule has 3 N–H and O–H groups in total. The third kappa shape index (κ3) is 6.35. The van der Waals surface area contributed by atoms with Crippen LogP contribution in [0.4, 0.5) is 4.39 Å². The van der Waals surface area contributed by atoms with Crippen LogP contribution in [-0.2, 0) is 17.6 Å². The van der Waals surface area contributed by atoms with E-state index >= 15 is 0 Å². The average molecular weight is 597 g/mol. The second-order valence-electron chi connectivity index (χ2n) is 10.7. The monoisotopic (exact) mass is 596 g/mol. The van der Waals surface area contributed by atoms with Gasteiger partial charge in [0.05, 0.1) is 19.1 Å². The number of rotatable bonds is 4. The Bertz CT molecular complexity index is 1680. The van der Waals surface area contributed by atoms with Crippen LogP contribution in [0.3, 0.4) is 0 Å². The molecule has 3 aliphatic heterocycles. The van der Waals surface area contributed by atoms with Crippen LogP contribution in [0, 0.1) is 5.82 Å². The Morgan fingerprint density at radius 2 is 2.00 bits per heavy atom. The Hall–Kier alpha value is -4.96. The van der Waals surface area contributed by atoms with E-state index in [1.54, 1.807) is 41.4 Å². The smallest absolute Gasteiger partial charge is 0.277 e. The number of amides is 2. The molecule has 0 radical (unpaired) electrons. The number of halogens is 1. The largest absolute Gasteiger partial charge is 0.494 e. The summed E-state index contributed by atoms with van der Waals surface area (Å²) in [6.45, 7) is 1.78. The van der Waals surface area contributed by atoms with Crippen molar-refractivity contribution < 1.29 is 28.2 Å². The van der Waals surface area contributed by atoms with Gasteiger partial charge in [0.1, 0.15) is 18.1 Å². The molecular formula is C34H33FN4O5. The van der Waals surface area contributed by atoms with Crippen molar-refractivity contribution >= 4 is 11.8 Å². The SMILES string of the molecule is NCCOc1cccnc1C(=O)N1CCc2cc3ccc2C1c1cccc(c1)OCCCNC(=O)Cc1ccc(F)c(c1)O3. The van der Waals surface area contributed by atoms with Crippen molar-refractivity contribution in [3.63, 3.8) is 0 Å². The van der Waals surface area contributed by atoms with Crippen LogP contribution in [0.15, 0.2) is 79.0 Å². The van der Waals surface area contributed by atoms with Gasteiger partial charge >= 0.3 is 0 Å². The number of hydrogen-bond acceptors (Lipinski definition) is 7. The van der Waals surface area contributed by atoms with Crippen LogP contribution in [-0.4, -0.2) is 54.5 Å². The van der Waals surface area contributed by atoms with E-state index in [4.69, 9.17) is 19.9 Å². The first-order valence-corrected chi connectivity index (χ1v) is 14.7. The molecule has 44 heavy (non-hydrogen) atoms. The minimum atomic E-state index is -0.524. The number of benzene rings is 3. The van der Waals surface area contributed by atoms with Gasteiger partial charge in [0.25, 0.3) is 5.91 Å². The van der Waals surface area contributed by atoms with Crippen molar-refractivity contribution in [1.29, 1.82) is 0 Å². The molecule has 1 aromatic heterocycles. The molecule has 7 rings (SSSR count). The molecule has 226 valence electrons. The lowest BCUT2D eigenvalue weighted by molar-refractivity contribution is -0.120. The molecule has 0 saturated carbocycles. The van der Waals surface area contributed by atoms with Gasteiger partial charge in [-0.1, -0.05) is 24.3 Å². The van der Waals surface area contributed by atoms with E-state index in [-0.39, 0.29) is 36.3 Å². The molecule has 0 spiro atoms. The molecule has 4 heterocycles. The molecule has 2 amide bonds. The van der Waals surface area contributed by atoms with E-state index in [0.29, 0.717) is 61.9 Å². The molecule has 3 aliphatic rings. The van der Waals surface area contributed by atoms with Crippen molar-refractivity contribution in [3.8, 4) is 23.0 Å². The number of hydrogen-bond donors (Lipinski definition) is 2. The summed E-state index contributed by atoms with van der Waals surface area (Å²) in [5, 5.41) is 2.89. The minimum absolute atomic E-state index is 0.0404. The van der Waals surface area contributed by atoms with E-state index in [1.165, 1.54) is 6.07 Å². The summed E-state index contributed by atoms with van der Waals surface area (Å²) < 4.78 is 32.6. The summed E-state index contributed by atoms with van der Waals surface area (Å²) in [5.41, 5.74) is 9.24. The fraction of sp³-hybridized carbons (Fsp3) is 0.265. The zero-order valence-corrected chi connectivity index (χ0v) is 24.1. The van der Waals surface area contributed by atoms with Crippen LogP contribution >= 0.6 is 0 Å². The molecular weight excluding hydrogens is 563 g/mol. The number of carbonyl (C=O) groups is 2. The Morgan fingerprint density at radius 1 is 1.09 bits per heavy atom. The quantitative estimate of drug-likeness (QED) is 0.354. The third-order valence-corrected chi connectivity index (χ3v) is 7.63. The van der Waals surface area contributed by atoms with Crippen molar-refractivity contribution in [2.75, 3.05) is 32.8 Å². The fourth-order valence-corrected chi connectivity index (χ4v) is 5.59. The molecule has 3 aromatic carbocycles. The van der Waals surface area contributed by atoms with Crippen molar-refractivity contribution in [2.24, 2.45) is 5.73 Å². The first-order chi connectivity index (χ1) is 21.5. The highest BCUT2D eigenvalue weighted by Gasteiger charge is 2.35. The number of ether oxygens (including phenoxy) is 3. The summed E-state index contributed by atoms with van der Waals surface area (Å²) in [7, 11) is 0. The normalized spacial score (nSPS) is 16.5. The van der Waals surface area contributed by atoms with Gasteiger partial charge in [-0.3, -0.25) is 9.59 Å². The summed E-state index contributed by atoms with van der Waals surface area (Å²) in [4.78, 5) is 32.8. The number of carbonyl (C=O) groups excluding carboxylic acids is 2.